The average Bonchev–Trinajstić information content (AvgIpc) is 3.39. The second-order valence-corrected chi connectivity index (χ2v) is 14.3. The van der Waals surface area contributed by atoms with E-state index in [0.29, 0.717) is 17.5 Å². The summed E-state index contributed by atoms with van der Waals surface area (Å²) in [7, 11) is 0. The van der Waals surface area contributed by atoms with Gasteiger partial charge < -0.3 is 4.42 Å². The molecule has 0 atom stereocenters. The molecule has 2 aliphatic rings. The molecule has 0 amide bonds. The van der Waals surface area contributed by atoms with Gasteiger partial charge >= 0.3 is 0 Å². The van der Waals surface area contributed by atoms with Crippen LogP contribution in [0.2, 0.25) is 0 Å². The number of hydrogen-bond acceptors (Lipinski definition) is 4. The zero-order valence-electron chi connectivity index (χ0n) is 30.4. The third kappa shape index (κ3) is 5.34. The van der Waals surface area contributed by atoms with Gasteiger partial charge in [0.2, 0.25) is 0 Å². The van der Waals surface area contributed by atoms with Gasteiger partial charge in [-0.1, -0.05) is 176 Å². The van der Waals surface area contributed by atoms with E-state index in [1.54, 1.807) is 0 Å². The molecule has 56 heavy (non-hydrogen) atoms. The standard InChI is InChI=1S/C52H33N3O/c1-3-15-35(16-4-1)50-53-51(36-17-5-2-6-18-36)55-52(54-50)48-42-24-11-9-21-39(42)37-19-7-8-20-38(31-37)47(48)34-29-27-33(28-30-34)44-32-45-41-23-13-14-26-46(41)56-49(45)43-25-12-10-22-40(43)44/h1-30,32H,31H2. The summed E-state index contributed by atoms with van der Waals surface area (Å²) in [5.74, 6) is 1.92. The number of fused-ring (bicyclic) bond motifs is 9. The van der Waals surface area contributed by atoms with Crippen molar-refractivity contribution < 1.29 is 4.42 Å². The summed E-state index contributed by atoms with van der Waals surface area (Å²) < 4.78 is 6.43. The van der Waals surface area contributed by atoms with E-state index in [0.717, 1.165) is 78.1 Å². The van der Waals surface area contributed by atoms with E-state index in [2.05, 4.69) is 140 Å². The molecule has 0 radical (unpaired) electrons. The molecule has 7 aromatic carbocycles. The first-order valence-electron chi connectivity index (χ1n) is 19.0. The number of aromatic nitrogens is 3. The van der Waals surface area contributed by atoms with Crippen molar-refractivity contribution in [1.29, 1.82) is 0 Å². The summed E-state index contributed by atoms with van der Waals surface area (Å²) in [4.78, 5) is 15.6. The molecule has 11 rings (SSSR count). The Bertz CT molecular complexity index is 3070. The van der Waals surface area contributed by atoms with E-state index in [-0.39, 0.29) is 0 Å². The third-order valence-corrected chi connectivity index (χ3v) is 11.0. The normalized spacial score (nSPS) is 13.7. The molecule has 0 fully saturated rings. The Morgan fingerprint density at radius 1 is 0.375 bits per heavy atom. The summed E-state index contributed by atoms with van der Waals surface area (Å²) in [6, 6.07) is 57.3. The van der Waals surface area contributed by atoms with Crippen LogP contribution < -0.4 is 0 Å². The van der Waals surface area contributed by atoms with Gasteiger partial charge in [0, 0.05) is 32.9 Å². The van der Waals surface area contributed by atoms with Crippen LogP contribution in [0.25, 0.3) is 83.3 Å². The minimum absolute atomic E-state index is 0.640. The number of para-hydroxylation sites is 1. The van der Waals surface area contributed by atoms with E-state index < -0.39 is 0 Å². The predicted molar refractivity (Wildman–Crippen MR) is 230 cm³/mol. The van der Waals surface area contributed by atoms with E-state index >= 15 is 0 Å². The molecule has 0 unspecified atom stereocenters. The molecule has 0 aliphatic heterocycles. The van der Waals surface area contributed by atoms with Crippen LogP contribution in [0.5, 0.6) is 0 Å². The fraction of sp³-hybridized carbons (Fsp3) is 0.0192. The molecule has 0 saturated carbocycles. The molecule has 2 heterocycles. The Morgan fingerprint density at radius 3 is 1.64 bits per heavy atom. The van der Waals surface area contributed by atoms with Crippen LogP contribution in [0.1, 0.15) is 28.9 Å². The zero-order valence-corrected chi connectivity index (χ0v) is 30.4. The lowest BCUT2D eigenvalue weighted by atomic mass is 9.87. The second kappa shape index (κ2) is 13.2. The number of rotatable bonds is 5. The lowest BCUT2D eigenvalue weighted by Crippen LogP contribution is -2.06. The van der Waals surface area contributed by atoms with Gasteiger partial charge in [0.05, 0.1) is 0 Å². The smallest absolute Gasteiger partial charge is 0.165 e. The summed E-state index contributed by atoms with van der Waals surface area (Å²) in [6.07, 6.45) is 9.57. The molecule has 0 spiro atoms. The minimum Gasteiger partial charge on any atom is -0.455 e. The maximum absolute atomic E-state index is 6.43. The molecule has 2 aliphatic carbocycles. The van der Waals surface area contributed by atoms with E-state index in [9.17, 15) is 0 Å². The molecule has 262 valence electrons. The topological polar surface area (TPSA) is 51.8 Å². The highest BCUT2D eigenvalue weighted by atomic mass is 16.3. The number of allylic oxidation sites excluding steroid dienone is 7. The Hall–Kier alpha value is -7.43. The van der Waals surface area contributed by atoms with E-state index in [1.807, 2.05) is 48.5 Å². The summed E-state index contributed by atoms with van der Waals surface area (Å²) in [5, 5.41) is 4.52. The van der Waals surface area contributed by atoms with Gasteiger partial charge in [0.1, 0.15) is 11.2 Å². The fourth-order valence-corrected chi connectivity index (χ4v) is 8.38. The zero-order chi connectivity index (χ0) is 37.0. The van der Waals surface area contributed by atoms with Crippen molar-refractivity contribution in [1.82, 2.24) is 15.0 Å². The van der Waals surface area contributed by atoms with Crippen molar-refractivity contribution in [3.05, 3.63) is 216 Å². The average molecular weight is 716 g/mol. The number of furan rings is 1. The highest BCUT2D eigenvalue weighted by Crippen LogP contribution is 2.47. The van der Waals surface area contributed by atoms with E-state index in [4.69, 9.17) is 19.4 Å². The second-order valence-electron chi connectivity index (χ2n) is 14.3. The molecule has 4 heteroatoms. The Balaban J connectivity index is 1.17. The first kappa shape index (κ1) is 32.0. The lowest BCUT2D eigenvalue weighted by molar-refractivity contribution is 0.672. The van der Waals surface area contributed by atoms with Crippen LogP contribution in [-0.2, 0) is 0 Å². The maximum Gasteiger partial charge on any atom is 0.165 e. The fourth-order valence-electron chi connectivity index (χ4n) is 8.38. The number of hydrogen-bond donors (Lipinski definition) is 0. The van der Waals surface area contributed by atoms with Crippen LogP contribution in [0.15, 0.2) is 198 Å². The van der Waals surface area contributed by atoms with Crippen molar-refractivity contribution in [3.63, 3.8) is 0 Å². The van der Waals surface area contributed by atoms with Crippen LogP contribution in [-0.4, -0.2) is 15.0 Å². The molecular weight excluding hydrogens is 683 g/mol. The predicted octanol–water partition coefficient (Wildman–Crippen LogP) is 13.2. The number of benzene rings is 7. The van der Waals surface area contributed by atoms with Gasteiger partial charge in [-0.25, -0.2) is 15.0 Å². The minimum atomic E-state index is 0.640. The first-order chi connectivity index (χ1) is 27.8. The van der Waals surface area contributed by atoms with Gasteiger partial charge in [-0.3, -0.25) is 0 Å². The van der Waals surface area contributed by atoms with Crippen molar-refractivity contribution in [2.24, 2.45) is 0 Å². The molecule has 2 bridgehead atoms. The molecular formula is C52H33N3O. The highest BCUT2D eigenvalue weighted by molar-refractivity contribution is 6.19. The monoisotopic (exact) mass is 715 g/mol. The van der Waals surface area contributed by atoms with Gasteiger partial charge in [-0.05, 0) is 68.5 Å². The van der Waals surface area contributed by atoms with Crippen LogP contribution in [0.3, 0.4) is 0 Å². The highest BCUT2D eigenvalue weighted by Gasteiger charge is 2.28. The molecule has 0 N–H and O–H groups in total. The van der Waals surface area contributed by atoms with Crippen molar-refractivity contribution in [2.75, 3.05) is 0 Å². The van der Waals surface area contributed by atoms with Crippen molar-refractivity contribution in [2.45, 2.75) is 6.42 Å². The third-order valence-electron chi connectivity index (χ3n) is 11.0. The van der Waals surface area contributed by atoms with Gasteiger partial charge in [-0.2, -0.15) is 0 Å². The molecule has 2 aromatic heterocycles. The van der Waals surface area contributed by atoms with Crippen molar-refractivity contribution >= 4 is 49.4 Å². The first-order valence-corrected chi connectivity index (χ1v) is 19.0. The SMILES string of the molecule is C1=CC=C2CC(=C1)C(c1ccc(-c3cc4c5ccccc5oc4c4ccccc34)cc1)=C(c1nc(-c3ccccc3)nc(-c3ccccc3)n1)c1ccccc12. The quantitative estimate of drug-likeness (QED) is 0.178. The molecule has 4 nitrogen and oxygen atoms in total. The molecule has 0 saturated heterocycles. The Kier molecular flexibility index (Phi) is 7.52. The maximum atomic E-state index is 6.43. The largest absolute Gasteiger partial charge is 0.455 e. The van der Waals surface area contributed by atoms with Crippen LogP contribution >= 0.6 is 0 Å². The lowest BCUT2D eigenvalue weighted by Gasteiger charge is -2.18. The van der Waals surface area contributed by atoms with Gasteiger partial charge in [0.25, 0.3) is 0 Å². The Labute approximate surface area is 324 Å². The Morgan fingerprint density at radius 2 is 0.929 bits per heavy atom. The van der Waals surface area contributed by atoms with Gasteiger partial charge in [0.15, 0.2) is 17.5 Å². The number of nitrogens with zero attached hydrogens (tertiary/aromatic N) is 3. The van der Waals surface area contributed by atoms with Crippen LogP contribution in [0, 0.1) is 0 Å². The van der Waals surface area contributed by atoms with E-state index in [1.165, 1.54) is 22.3 Å². The van der Waals surface area contributed by atoms with Crippen LogP contribution in [0.4, 0.5) is 0 Å². The summed E-state index contributed by atoms with van der Waals surface area (Å²) >= 11 is 0. The molecule has 9 aromatic rings. The summed E-state index contributed by atoms with van der Waals surface area (Å²) in [6.45, 7) is 0. The van der Waals surface area contributed by atoms with Crippen molar-refractivity contribution in [3.8, 4) is 33.9 Å². The van der Waals surface area contributed by atoms with Gasteiger partial charge in [-0.15, -0.1) is 0 Å². The summed E-state index contributed by atoms with van der Waals surface area (Å²) in [5.41, 5.74) is 14.0.